The van der Waals surface area contributed by atoms with Gasteiger partial charge < -0.3 is 20.8 Å². The van der Waals surface area contributed by atoms with E-state index in [0.717, 1.165) is 47.5 Å². The fourth-order valence-electron chi connectivity index (χ4n) is 3.04. The lowest BCUT2D eigenvalue weighted by Gasteiger charge is -2.39. The molecule has 3 N–H and O–H groups in total. The molecule has 1 saturated heterocycles. The Labute approximate surface area is 171 Å². The van der Waals surface area contributed by atoms with Gasteiger partial charge >= 0.3 is 0 Å². The van der Waals surface area contributed by atoms with E-state index in [4.69, 9.17) is 24.6 Å². The zero-order chi connectivity index (χ0) is 19.4. The average Bonchev–Trinajstić information content (AvgIpc) is 2.70. The first kappa shape index (κ1) is 20.1. The van der Waals surface area contributed by atoms with Gasteiger partial charge in [0.2, 0.25) is 7.98 Å². The van der Waals surface area contributed by atoms with Crippen LogP contribution in [0.4, 0.5) is 17.3 Å². The number of benzene rings is 1. The van der Waals surface area contributed by atoms with Crippen LogP contribution in [0, 0.1) is 0 Å². The first-order chi connectivity index (χ1) is 13.0. The van der Waals surface area contributed by atoms with Crippen molar-refractivity contribution in [2.24, 2.45) is 0 Å². The monoisotopic (exact) mass is 402 g/mol. The Hall–Kier alpha value is -1.64. The highest BCUT2D eigenvalue weighted by atomic mass is 35.5. The second-order valence-electron chi connectivity index (χ2n) is 6.79. The molecule has 2 aromatic rings. The van der Waals surface area contributed by atoms with Gasteiger partial charge in [-0.15, -0.1) is 0 Å². The van der Waals surface area contributed by atoms with Crippen LogP contribution in [-0.2, 0) is 0 Å². The van der Waals surface area contributed by atoms with E-state index in [2.05, 4.69) is 32.7 Å². The SMILES string of the molecule is [B]Nc1cccc(Sc2ncc(N3CCC(C)(NC)CC3)nc2NC)c1Cl. The molecule has 6 nitrogen and oxygen atoms in total. The van der Waals surface area contributed by atoms with E-state index in [1.54, 1.807) is 0 Å². The Kier molecular flexibility index (Phi) is 6.39. The molecule has 0 saturated carbocycles. The van der Waals surface area contributed by atoms with Crippen LogP contribution in [0.1, 0.15) is 19.8 Å². The van der Waals surface area contributed by atoms with Crippen LogP contribution in [0.25, 0.3) is 0 Å². The summed E-state index contributed by atoms with van der Waals surface area (Å²) in [6, 6.07) is 5.66. The molecule has 0 amide bonds. The van der Waals surface area contributed by atoms with Gasteiger partial charge in [0.05, 0.1) is 11.2 Å². The maximum absolute atomic E-state index is 6.40. The molecule has 1 aliphatic heterocycles. The number of hydrogen-bond donors (Lipinski definition) is 3. The summed E-state index contributed by atoms with van der Waals surface area (Å²) in [5, 5.41) is 10.5. The molecular formula is C18H24BClN6S. The normalized spacial score (nSPS) is 16.2. The standard InChI is InChI=1S/C18H24BClN6S/c1-18(22-3)7-9-26(10-8-18)14-11-23-17(16(21-2)24-14)27-13-6-4-5-12(25-19)15(13)20/h4-6,11,22,25H,7-10H2,1-3H3,(H,21,24). The van der Waals surface area contributed by atoms with Crippen molar-refractivity contribution in [2.45, 2.75) is 35.2 Å². The van der Waals surface area contributed by atoms with E-state index in [9.17, 15) is 0 Å². The molecule has 0 unspecified atom stereocenters. The molecular weight excluding hydrogens is 379 g/mol. The molecule has 0 atom stereocenters. The maximum atomic E-state index is 6.40. The highest BCUT2D eigenvalue weighted by Crippen LogP contribution is 2.39. The van der Waals surface area contributed by atoms with Crippen LogP contribution in [0.3, 0.4) is 0 Å². The van der Waals surface area contributed by atoms with E-state index < -0.39 is 0 Å². The second-order valence-corrected chi connectivity index (χ2v) is 8.20. The molecule has 0 aliphatic carbocycles. The number of piperidine rings is 1. The van der Waals surface area contributed by atoms with Crippen molar-refractivity contribution >= 4 is 48.7 Å². The van der Waals surface area contributed by atoms with Crippen LogP contribution in [0.15, 0.2) is 34.3 Å². The van der Waals surface area contributed by atoms with Crippen molar-refractivity contribution in [3.8, 4) is 0 Å². The molecule has 3 rings (SSSR count). The number of nitrogens with one attached hydrogen (secondary N) is 3. The third-order valence-corrected chi connectivity index (χ3v) is 6.65. The molecule has 1 fully saturated rings. The molecule has 1 aromatic heterocycles. The van der Waals surface area contributed by atoms with Crippen LogP contribution in [0.5, 0.6) is 0 Å². The van der Waals surface area contributed by atoms with Crippen molar-refractivity contribution in [2.75, 3.05) is 42.6 Å². The predicted octanol–water partition coefficient (Wildman–Crippen LogP) is 3.40. The smallest absolute Gasteiger partial charge is 0.222 e. The third kappa shape index (κ3) is 4.44. The molecule has 142 valence electrons. The summed E-state index contributed by atoms with van der Waals surface area (Å²) in [5.41, 5.74) is 0.878. The lowest BCUT2D eigenvalue weighted by Crippen LogP contribution is -2.50. The maximum Gasteiger partial charge on any atom is 0.222 e. The summed E-state index contributed by atoms with van der Waals surface area (Å²) in [6.45, 7) is 4.18. The lowest BCUT2D eigenvalue weighted by atomic mass is 9.90. The van der Waals surface area contributed by atoms with E-state index in [1.165, 1.54) is 11.8 Å². The third-order valence-electron chi connectivity index (χ3n) is 5.08. The quantitative estimate of drug-likeness (QED) is 0.640. The highest BCUT2D eigenvalue weighted by Gasteiger charge is 2.29. The number of halogens is 1. The van der Waals surface area contributed by atoms with Crippen LogP contribution in [0.2, 0.25) is 5.02 Å². The first-order valence-corrected chi connectivity index (χ1v) is 10.1. The predicted molar refractivity (Wildman–Crippen MR) is 115 cm³/mol. The zero-order valence-electron chi connectivity index (χ0n) is 15.8. The Balaban J connectivity index is 1.79. The van der Waals surface area contributed by atoms with Crippen LogP contribution < -0.4 is 20.8 Å². The number of anilines is 3. The minimum atomic E-state index is 0.199. The van der Waals surface area contributed by atoms with Crippen molar-refractivity contribution in [1.82, 2.24) is 15.3 Å². The molecule has 2 heterocycles. The number of nitrogens with zero attached hydrogens (tertiary/aromatic N) is 3. The van der Waals surface area contributed by atoms with Crippen LogP contribution >= 0.6 is 23.4 Å². The molecule has 1 aromatic carbocycles. The van der Waals surface area contributed by atoms with Gasteiger partial charge in [-0.25, -0.2) is 9.97 Å². The number of aromatic nitrogens is 2. The lowest BCUT2D eigenvalue weighted by molar-refractivity contribution is 0.304. The summed E-state index contributed by atoms with van der Waals surface area (Å²) in [5.74, 6) is 1.63. The summed E-state index contributed by atoms with van der Waals surface area (Å²) < 4.78 is 0. The van der Waals surface area contributed by atoms with Gasteiger partial charge in [0.1, 0.15) is 10.8 Å². The van der Waals surface area contributed by atoms with E-state index in [0.29, 0.717) is 10.7 Å². The number of rotatable bonds is 6. The van der Waals surface area contributed by atoms with Gasteiger partial charge in [0, 0.05) is 36.3 Å². The fourth-order valence-corrected chi connectivity index (χ4v) is 4.24. The Bertz CT molecular complexity index is 797. The molecule has 9 heteroatoms. The second kappa shape index (κ2) is 8.58. The molecule has 2 radical (unpaired) electrons. The van der Waals surface area contributed by atoms with Gasteiger partial charge in [0.15, 0.2) is 5.82 Å². The van der Waals surface area contributed by atoms with Gasteiger partial charge in [-0.2, -0.15) is 0 Å². The van der Waals surface area contributed by atoms with Gasteiger partial charge in [-0.3, -0.25) is 0 Å². The van der Waals surface area contributed by atoms with Crippen molar-refractivity contribution in [3.05, 3.63) is 29.4 Å². The van der Waals surface area contributed by atoms with E-state index in [-0.39, 0.29) is 5.54 Å². The largest absolute Gasteiger partial charge is 0.436 e. The molecule has 27 heavy (non-hydrogen) atoms. The topological polar surface area (TPSA) is 65.1 Å². The molecule has 0 bridgehead atoms. The van der Waals surface area contributed by atoms with E-state index in [1.807, 2.05) is 38.5 Å². The average molecular weight is 403 g/mol. The minimum Gasteiger partial charge on any atom is -0.436 e. The van der Waals surface area contributed by atoms with Gasteiger partial charge in [-0.1, -0.05) is 29.4 Å². The summed E-state index contributed by atoms with van der Waals surface area (Å²) >= 11 is 7.86. The van der Waals surface area contributed by atoms with Crippen molar-refractivity contribution in [1.29, 1.82) is 0 Å². The van der Waals surface area contributed by atoms with Crippen molar-refractivity contribution < 1.29 is 0 Å². The molecule has 1 aliphatic rings. The Morgan fingerprint density at radius 1 is 1.26 bits per heavy atom. The first-order valence-electron chi connectivity index (χ1n) is 8.91. The van der Waals surface area contributed by atoms with Gasteiger partial charge in [0.25, 0.3) is 0 Å². The van der Waals surface area contributed by atoms with Crippen molar-refractivity contribution in [3.63, 3.8) is 0 Å². The Morgan fingerprint density at radius 3 is 2.63 bits per heavy atom. The fraction of sp³-hybridized carbons (Fsp3) is 0.444. The summed E-state index contributed by atoms with van der Waals surface area (Å²) in [4.78, 5) is 12.6. The van der Waals surface area contributed by atoms with Gasteiger partial charge in [-0.05, 0) is 38.9 Å². The molecule has 0 spiro atoms. The highest BCUT2D eigenvalue weighted by molar-refractivity contribution is 7.99. The number of hydrogen-bond acceptors (Lipinski definition) is 7. The summed E-state index contributed by atoms with van der Waals surface area (Å²) in [7, 11) is 9.39. The summed E-state index contributed by atoms with van der Waals surface area (Å²) in [6.07, 6.45) is 3.99. The zero-order valence-corrected chi connectivity index (χ0v) is 17.4. The van der Waals surface area contributed by atoms with E-state index >= 15 is 0 Å². The Morgan fingerprint density at radius 2 is 2.00 bits per heavy atom. The van der Waals surface area contributed by atoms with Crippen LogP contribution in [-0.4, -0.2) is 50.7 Å². The minimum absolute atomic E-state index is 0.199.